The number of nitrogens with one attached hydrogen (secondary N) is 1. The van der Waals surface area contributed by atoms with Gasteiger partial charge in [0.2, 0.25) is 5.88 Å². The molecule has 0 fully saturated rings. The molecule has 0 saturated heterocycles. The smallest absolute Gasteiger partial charge is 0.212 e. The maximum absolute atomic E-state index is 13.3. The molecule has 1 atom stereocenters. The number of hydrogen-bond donors (Lipinski definition) is 1. The van der Waals surface area contributed by atoms with E-state index < -0.39 is 0 Å². The maximum Gasteiger partial charge on any atom is 0.212 e. The van der Waals surface area contributed by atoms with Crippen LogP contribution in [0.1, 0.15) is 11.1 Å². The lowest BCUT2D eigenvalue weighted by Crippen LogP contribution is -2.30. The van der Waals surface area contributed by atoms with Crippen molar-refractivity contribution in [2.75, 3.05) is 14.2 Å². The Morgan fingerprint density at radius 1 is 1.29 bits per heavy atom. The van der Waals surface area contributed by atoms with E-state index in [1.807, 2.05) is 19.2 Å². The van der Waals surface area contributed by atoms with Crippen molar-refractivity contribution in [1.82, 2.24) is 10.3 Å². The van der Waals surface area contributed by atoms with Crippen LogP contribution < -0.4 is 10.1 Å². The average Bonchev–Trinajstić information content (AvgIpc) is 2.51. The van der Waals surface area contributed by atoms with Crippen LogP contribution in [0.4, 0.5) is 4.39 Å². The normalized spacial score (nSPS) is 12.2. The first-order chi connectivity index (χ1) is 10.1. The van der Waals surface area contributed by atoms with Crippen molar-refractivity contribution >= 4 is 11.6 Å². The summed E-state index contributed by atoms with van der Waals surface area (Å²) in [6, 6.07) is 8.40. The summed E-state index contributed by atoms with van der Waals surface area (Å²) in [5.74, 6) is 0.322. The highest BCUT2D eigenvalue weighted by molar-refractivity contribution is 6.31. The Balaban J connectivity index is 2.07. The number of ether oxygens (including phenoxy) is 1. The zero-order chi connectivity index (χ0) is 15.2. The number of aromatic nitrogens is 1. The van der Waals surface area contributed by atoms with Crippen LogP contribution in [0.5, 0.6) is 5.88 Å². The second-order valence-electron chi connectivity index (χ2n) is 4.84. The molecular formula is C16H18ClFN2O. The van der Waals surface area contributed by atoms with E-state index in [9.17, 15) is 4.39 Å². The molecule has 5 heteroatoms. The van der Waals surface area contributed by atoms with Gasteiger partial charge in [-0.15, -0.1) is 0 Å². The molecule has 1 aromatic carbocycles. The van der Waals surface area contributed by atoms with Gasteiger partial charge >= 0.3 is 0 Å². The van der Waals surface area contributed by atoms with Gasteiger partial charge < -0.3 is 10.1 Å². The number of methoxy groups -OCH3 is 1. The highest BCUT2D eigenvalue weighted by atomic mass is 35.5. The number of pyridine rings is 1. The number of rotatable bonds is 6. The summed E-state index contributed by atoms with van der Waals surface area (Å²) in [5, 5.41) is 3.82. The third-order valence-electron chi connectivity index (χ3n) is 3.37. The molecule has 0 bridgehead atoms. The molecule has 0 aliphatic rings. The summed E-state index contributed by atoms with van der Waals surface area (Å²) in [7, 11) is 3.47. The molecule has 112 valence electrons. The topological polar surface area (TPSA) is 34.1 Å². The lowest BCUT2D eigenvalue weighted by atomic mass is 10.00. The van der Waals surface area contributed by atoms with Gasteiger partial charge in [-0.1, -0.05) is 17.7 Å². The minimum atomic E-state index is -0.268. The van der Waals surface area contributed by atoms with Gasteiger partial charge in [0.25, 0.3) is 0 Å². The minimum absolute atomic E-state index is 0.152. The number of hydrogen-bond acceptors (Lipinski definition) is 3. The van der Waals surface area contributed by atoms with Gasteiger partial charge in [-0.2, -0.15) is 0 Å². The standard InChI is InChI=1S/C16H18ClFN2O/c1-19-14(7-11-3-6-16(21-2)20-10-11)9-12-8-13(18)4-5-15(12)17/h3-6,8,10,14,19H,7,9H2,1-2H3. The molecule has 0 amide bonds. The Bertz CT molecular complexity index is 589. The Hall–Kier alpha value is -1.65. The molecule has 0 saturated carbocycles. The van der Waals surface area contributed by atoms with Crippen molar-refractivity contribution in [1.29, 1.82) is 0 Å². The molecule has 0 radical (unpaired) electrons. The molecule has 0 aliphatic carbocycles. The first-order valence-corrected chi connectivity index (χ1v) is 7.10. The van der Waals surface area contributed by atoms with Gasteiger partial charge in [0.05, 0.1) is 7.11 Å². The fourth-order valence-electron chi connectivity index (χ4n) is 2.18. The summed E-state index contributed by atoms with van der Waals surface area (Å²) in [6.07, 6.45) is 3.22. The Morgan fingerprint density at radius 2 is 2.10 bits per heavy atom. The largest absolute Gasteiger partial charge is 0.481 e. The molecule has 1 unspecified atom stereocenters. The van der Waals surface area contributed by atoms with Crippen molar-refractivity contribution in [3.8, 4) is 5.88 Å². The van der Waals surface area contributed by atoms with E-state index in [0.717, 1.165) is 17.5 Å². The van der Waals surface area contributed by atoms with E-state index in [2.05, 4.69) is 10.3 Å². The van der Waals surface area contributed by atoms with Crippen LogP contribution in [0, 0.1) is 5.82 Å². The predicted molar refractivity (Wildman–Crippen MR) is 82.5 cm³/mol. The molecule has 21 heavy (non-hydrogen) atoms. The van der Waals surface area contributed by atoms with Crippen LogP contribution in [0.25, 0.3) is 0 Å². The molecule has 1 heterocycles. The molecule has 1 aromatic heterocycles. The SMILES string of the molecule is CNC(Cc1ccc(OC)nc1)Cc1cc(F)ccc1Cl. The number of benzene rings is 1. The highest BCUT2D eigenvalue weighted by Crippen LogP contribution is 2.20. The number of halogens is 2. The van der Waals surface area contributed by atoms with Gasteiger partial charge in [-0.05, 0) is 49.2 Å². The molecule has 1 N–H and O–H groups in total. The number of likely N-dealkylation sites (N-methyl/N-ethyl adjacent to an activating group) is 1. The van der Waals surface area contributed by atoms with Gasteiger partial charge in [0.15, 0.2) is 0 Å². The second kappa shape index (κ2) is 7.38. The van der Waals surface area contributed by atoms with Gasteiger partial charge in [-0.25, -0.2) is 9.37 Å². The third kappa shape index (κ3) is 4.41. The molecule has 2 rings (SSSR count). The Morgan fingerprint density at radius 3 is 2.71 bits per heavy atom. The zero-order valence-corrected chi connectivity index (χ0v) is 12.8. The molecule has 0 spiro atoms. The monoisotopic (exact) mass is 308 g/mol. The van der Waals surface area contributed by atoms with Crippen LogP contribution in [-0.4, -0.2) is 25.2 Å². The Labute approximate surface area is 129 Å². The molecule has 3 nitrogen and oxygen atoms in total. The van der Waals surface area contributed by atoms with Crippen molar-refractivity contribution in [3.63, 3.8) is 0 Å². The van der Waals surface area contributed by atoms with Crippen molar-refractivity contribution in [3.05, 3.63) is 58.5 Å². The quantitative estimate of drug-likeness (QED) is 0.889. The maximum atomic E-state index is 13.3. The van der Waals surface area contributed by atoms with Crippen molar-refractivity contribution < 1.29 is 9.13 Å². The van der Waals surface area contributed by atoms with Gasteiger partial charge in [0, 0.05) is 23.3 Å². The third-order valence-corrected chi connectivity index (χ3v) is 3.74. The second-order valence-corrected chi connectivity index (χ2v) is 5.25. The fraction of sp³-hybridized carbons (Fsp3) is 0.312. The van der Waals surface area contributed by atoms with Gasteiger partial charge in [-0.3, -0.25) is 0 Å². The predicted octanol–water partition coefficient (Wildman–Crippen LogP) is 3.26. The lowest BCUT2D eigenvalue weighted by molar-refractivity contribution is 0.397. The van der Waals surface area contributed by atoms with Crippen molar-refractivity contribution in [2.45, 2.75) is 18.9 Å². The summed E-state index contributed by atoms with van der Waals surface area (Å²) in [4.78, 5) is 4.19. The van der Waals surface area contributed by atoms with Crippen LogP contribution in [-0.2, 0) is 12.8 Å². The Kier molecular flexibility index (Phi) is 5.53. The fourth-order valence-corrected chi connectivity index (χ4v) is 2.37. The first-order valence-electron chi connectivity index (χ1n) is 6.72. The molecule has 0 aliphatic heterocycles. The van der Waals surface area contributed by atoms with Gasteiger partial charge in [0.1, 0.15) is 5.82 Å². The summed E-state index contributed by atoms with van der Waals surface area (Å²) in [5.41, 5.74) is 1.89. The zero-order valence-electron chi connectivity index (χ0n) is 12.1. The van der Waals surface area contributed by atoms with Crippen molar-refractivity contribution in [2.24, 2.45) is 0 Å². The summed E-state index contributed by atoms with van der Waals surface area (Å²) < 4.78 is 18.3. The van der Waals surface area contributed by atoms with E-state index in [0.29, 0.717) is 17.3 Å². The van der Waals surface area contributed by atoms with Crippen LogP contribution in [0.15, 0.2) is 36.5 Å². The van der Waals surface area contributed by atoms with Crippen LogP contribution in [0.3, 0.4) is 0 Å². The molecular weight excluding hydrogens is 291 g/mol. The van der Waals surface area contributed by atoms with E-state index in [4.69, 9.17) is 16.3 Å². The molecule has 2 aromatic rings. The minimum Gasteiger partial charge on any atom is -0.481 e. The first kappa shape index (κ1) is 15.7. The van der Waals surface area contributed by atoms with E-state index in [1.54, 1.807) is 19.4 Å². The van der Waals surface area contributed by atoms with E-state index >= 15 is 0 Å². The van der Waals surface area contributed by atoms with Crippen LogP contribution >= 0.6 is 11.6 Å². The average molecular weight is 309 g/mol. The summed E-state index contributed by atoms with van der Waals surface area (Å²) >= 11 is 6.12. The highest BCUT2D eigenvalue weighted by Gasteiger charge is 2.12. The lowest BCUT2D eigenvalue weighted by Gasteiger charge is -2.17. The van der Waals surface area contributed by atoms with E-state index in [1.165, 1.54) is 12.1 Å². The number of nitrogens with zero attached hydrogens (tertiary/aromatic N) is 1. The van der Waals surface area contributed by atoms with Crippen LogP contribution in [0.2, 0.25) is 5.02 Å². The van der Waals surface area contributed by atoms with E-state index in [-0.39, 0.29) is 11.9 Å². The summed E-state index contributed by atoms with van der Waals surface area (Å²) in [6.45, 7) is 0.